The lowest BCUT2D eigenvalue weighted by Gasteiger charge is -2.42. The zero-order valence-corrected chi connectivity index (χ0v) is 17.5. The summed E-state index contributed by atoms with van der Waals surface area (Å²) in [5.74, 6) is -65.6. The number of carbonyl (C=O) groups is 1. The predicted octanol–water partition coefficient (Wildman–Crippen LogP) is 5.85. The van der Waals surface area contributed by atoms with Gasteiger partial charge in [0.1, 0.15) is 4.90 Å². The van der Waals surface area contributed by atoms with Gasteiger partial charge in [-0.15, -0.1) is 0 Å². The van der Waals surface area contributed by atoms with Crippen molar-refractivity contribution in [2.45, 2.75) is 52.5 Å². The Bertz CT molecular complexity index is 1170. The Labute approximate surface area is 196 Å². The van der Waals surface area contributed by atoms with Crippen LogP contribution >= 0.6 is 0 Å². The van der Waals surface area contributed by atoms with Crippen LogP contribution < -0.4 is 4.74 Å². The molecule has 38 heavy (non-hydrogen) atoms. The number of carbonyl (C=O) groups excluding carboxylic acids is 1. The lowest BCUT2D eigenvalue weighted by Crippen LogP contribution is -2.75. The summed E-state index contributed by atoms with van der Waals surface area (Å²) in [6.07, 6.45) is -7.91. The number of halogens is 17. The summed E-state index contributed by atoms with van der Waals surface area (Å²) >= 11 is 0. The van der Waals surface area contributed by atoms with Gasteiger partial charge in [0.25, 0.3) is 10.1 Å². The van der Waals surface area contributed by atoms with E-state index in [1.54, 1.807) is 0 Å². The number of hydrogen-bond acceptors (Lipinski definition) is 4. The van der Waals surface area contributed by atoms with Crippen molar-refractivity contribution < 1.29 is 97.1 Å². The molecule has 1 N–H and O–H groups in total. The summed E-state index contributed by atoms with van der Waals surface area (Å²) in [4.78, 5) is 9.61. The third-order valence-electron chi connectivity index (χ3n) is 4.31. The minimum atomic E-state index is -8.91. The van der Waals surface area contributed by atoms with Gasteiger partial charge in [-0.3, -0.25) is 4.55 Å². The monoisotopic (exact) mass is 620 g/mol. The predicted molar refractivity (Wildman–Crippen MR) is 82.6 cm³/mol. The van der Waals surface area contributed by atoms with Crippen LogP contribution in [0.3, 0.4) is 0 Å². The van der Waals surface area contributed by atoms with Gasteiger partial charge in [0, 0.05) is 0 Å². The van der Waals surface area contributed by atoms with E-state index < -0.39 is 74.4 Å². The van der Waals surface area contributed by atoms with Gasteiger partial charge >= 0.3 is 53.6 Å². The van der Waals surface area contributed by atoms with Gasteiger partial charge in [0.05, 0.1) is 0 Å². The van der Waals surface area contributed by atoms with Crippen LogP contribution in [0.2, 0.25) is 0 Å². The molecule has 1 aromatic rings. The Kier molecular flexibility index (Phi) is 7.90. The molecule has 0 aliphatic rings. The van der Waals surface area contributed by atoms with Crippen LogP contribution in [0.5, 0.6) is 5.75 Å². The second-order valence-electron chi connectivity index (χ2n) is 6.83. The van der Waals surface area contributed by atoms with Crippen molar-refractivity contribution in [1.82, 2.24) is 0 Å². The number of para-hydroxylation sites is 1. The molecule has 1 rings (SSSR count). The molecule has 0 heterocycles. The van der Waals surface area contributed by atoms with Crippen molar-refractivity contribution in [3.8, 4) is 5.75 Å². The Balaban J connectivity index is 3.66. The SMILES string of the molecule is O=C(Oc1ccccc1S(=O)(=O)O)C(F)(F)C(F)(F)C(F)(F)C(F)(F)C(F)(F)C(F)(F)C(F)(F)C(F)(F)F. The third-order valence-corrected chi connectivity index (χ3v) is 5.20. The number of esters is 1. The van der Waals surface area contributed by atoms with Crippen LogP contribution in [0, 0.1) is 0 Å². The van der Waals surface area contributed by atoms with Crippen LogP contribution in [0.1, 0.15) is 0 Å². The van der Waals surface area contributed by atoms with Gasteiger partial charge in [-0.25, -0.2) is 4.79 Å². The van der Waals surface area contributed by atoms with Crippen molar-refractivity contribution in [2.75, 3.05) is 0 Å². The van der Waals surface area contributed by atoms with E-state index in [2.05, 4.69) is 4.74 Å². The molecule has 0 fully saturated rings. The summed E-state index contributed by atoms with van der Waals surface area (Å²) in [5.41, 5.74) is 0. The minimum absolute atomic E-state index is 0.0654. The average Bonchev–Trinajstić information content (AvgIpc) is 2.71. The first kappa shape index (κ1) is 33.4. The summed E-state index contributed by atoms with van der Waals surface area (Å²) in [7, 11) is -5.60. The largest absolute Gasteiger partial charge is 0.460 e. The molecule has 0 unspecified atom stereocenters. The smallest absolute Gasteiger partial charge is 0.420 e. The Morgan fingerprint density at radius 3 is 1.32 bits per heavy atom. The second kappa shape index (κ2) is 8.98. The Morgan fingerprint density at radius 2 is 0.947 bits per heavy atom. The highest BCUT2D eigenvalue weighted by molar-refractivity contribution is 7.86. The fourth-order valence-electron chi connectivity index (χ4n) is 2.20. The summed E-state index contributed by atoms with van der Waals surface area (Å²) in [6.45, 7) is 0. The van der Waals surface area contributed by atoms with E-state index in [9.17, 15) is 87.8 Å². The minimum Gasteiger partial charge on any atom is -0.420 e. The molecule has 5 nitrogen and oxygen atoms in total. The van der Waals surface area contributed by atoms with Crippen LogP contribution in [0.4, 0.5) is 74.6 Å². The number of alkyl halides is 17. The molecule has 0 amide bonds. The van der Waals surface area contributed by atoms with E-state index in [4.69, 9.17) is 4.55 Å². The molecule has 0 atom stereocenters. The van der Waals surface area contributed by atoms with E-state index in [1.807, 2.05) is 0 Å². The van der Waals surface area contributed by atoms with E-state index in [-0.39, 0.29) is 12.1 Å². The van der Waals surface area contributed by atoms with Crippen molar-refractivity contribution in [2.24, 2.45) is 0 Å². The third kappa shape index (κ3) is 4.59. The van der Waals surface area contributed by atoms with Gasteiger partial charge in [-0.1, -0.05) is 12.1 Å². The highest BCUT2D eigenvalue weighted by Gasteiger charge is 2.96. The molecule has 0 spiro atoms. The first-order valence-electron chi connectivity index (χ1n) is 8.37. The number of benzene rings is 1. The highest BCUT2D eigenvalue weighted by Crippen LogP contribution is 2.64. The van der Waals surface area contributed by atoms with E-state index in [1.165, 1.54) is 0 Å². The molecular formula is C15H5F17O5S. The number of ether oxygens (including phenoxy) is 1. The molecule has 0 aliphatic heterocycles. The lowest BCUT2D eigenvalue weighted by atomic mass is 9.89. The molecule has 23 heteroatoms. The van der Waals surface area contributed by atoms with Gasteiger partial charge in [-0.05, 0) is 12.1 Å². The molecule has 0 bridgehead atoms. The maximum absolute atomic E-state index is 13.8. The number of hydrogen-bond donors (Lipinski definition) is 1. The van der Waals surface area contributed by atoms with Crippen LogP contribution in [-0.4, -0.2) is 66.6 Å². The molecule has 0 aromatic heterocycles. The zero-order chi connectivity index (χ0) is 30.8. The maximum Gasteiger partial charge on any atom is 0.460 e. The van der Waals surface area contributed by atoms with Gasteiger partial charge in [0.2, 0.25) is 0 Å². The van der Waals surface area contributed by atoms with Crippen molar-refractivity contribution in [1.29, 1.82) is 0 Å². The van der Waals surface area contributed by atoms with Gasteiger partial charge < -0.3 is 4.74 Å². The zero-order valence-electron chi connectivity index (χ0n) is 16.7. The molecular weight excluding hydrogens is 615 g/mol. The average molecular weight is 620 g/mol. The Hall–Kier alpha value is -2.59. The maximum atomic E-state index is 13.8. The fourth-order valence-corrected chi connectivity index (χ4v) is 2.82. The van der Waals surface area contributed by atoms with Gasteiger partial charge in [0.15, 0.2) is 5.75 Å². The van der Waals surface area contributed by atoms with E-state index >= 15 is 0 Å². The lowest BCUT2D eigenvalue weighted by molar-refractivity contribution is -0.459. The van der Waals surface area contributed by atoms with Gasteiger partial charge in [-0.2, -0.15) is 83.1 Å². The van der Waals surface area contributed by atoms with Crippen LogP contribution in [0.25, 0.3) is 0 Å². The highest BCUT2D eigenvalue weighted by atomic mass is 32.2. The molecule has 0 aliphatic carbocycles. The molecule has 1 aromatic carbocycles. The molecule has 0 radical (unpaired) electrons. The van der Waals surface area contributed by atoms with Crippen LogP contribution in [-0.2, 0) is 14.9 Å². The van der Waals surface area contributed by atoms with Crippen molar-refractivity contribution in [3.05, 3.63) is 24.3 Å². The summed E-state index contributed by atoms with van der Waals surface area (Å²) < 4.78 is 259. The molecule has 0 saturated heterocycles. The first-order valence-corrected chi connectivity index (χ1v) is 9.81. The molecule has 220 valence electrons. The fraction of sp³-hybridized carbons (Fsp3) is 0.533. The van der Waals surface area contributed by atoms with Crippen LogP contribution in [0.15, 0.2) is 29.2 Å². The second-order valence-corrected chi connectivity index (χ2v) is 8.22. The summed E-state index contributed by atoms with van der Waals surface area (Å²) in [6, 6.07) is 1.40. The van der Waals surface area contributed by atoms with Crippen molar-refractivity contribution in [3.63, 3.8) is 0 Å². The molecule has 0 saturated carbocycles. The summed E-state index contributed by atoms with van der Waals surface area (Å²) in [5, 5.41) is 0. The quantitative estimate of drug-likeness (QED) is 0.162. The van der Waals surface area contributed by atoms with Crippen molar-refractivity contribution >= 4 is 16.1 Å². The topological polar surface area (TPSA) is 80.7 Å². The first-order chi connectivity index (χ1) is 16.4. The normalized spacial score (nSPS) is 15.4. The standard InChI is InChI=1S/C15H5F17O5S/c16-8(17,7(33)37-5-3-1-2-4-6(5)38(34,35)36)9(18,19)10(20,21)11(22,23)12(24,25)13(26,27)14(28,29)15(30,31)32/h1-4H,(H,34,35,36). The van der Waals surface area contributed by atoms with E-state index in [0.29, 0.717) is 12.1 Å². The van der Waals surface area contributed by atoms with E-state index in [0.717, 1.165) is 0 Å². The number of rotatable bonds is 9. The Morgan fingerprint density at radius 1 is 0.605 bits per heavy atom.